The summed E-state index contributed by atoms with van der Waals surface area (Å²) in [5, 5.41) is 29.8. The molecule has 0 spiro atoms. The summed E-state index contributed by atoms with van der Waals surface area (Å²) >= 11 is 0. The van der Waals surface area contributed by atoms with Crippen LogP contribution in [0.3, 0.4) is 0 Å². The number of aromatic hydroxyl groups is 3. The number of rotatable bonds is 7. The van der Waals surface area contributed by atoms with E-state index in [4.69, 9.17) is 4.74 Å². The lowest BCUT2D eigenvalue weighted by Crippen LogP contribution is -2.00. The van der Waals surface area contributed by atoms with Crippen molar-refractivity contribution in [1.29, 1.82) is 0 Å². The Kier molecular flexibility index (Phi) is 5.99. The molecule has 0 aromatic heterocycles. The molecule has 4 nitrogen and oxygen atoms in total. The summed E-state index contributed by atoms with van der Waals surface area (Å²) in [7, 11) is 0. The van der Waals surface area contributed by atoms with Gasteiger partial charge in [-0.05, 0) is 71.1 Å². The monoisotopic (exact) mass is 364 g/mol. The molecule has 0 atom stereocenters. The van der Waals surface area contributed by atoms with E-state index in [1.54, 1.807) is 24.3 Å². The standard InChI is InChI=1S/C23H24O4/c1-2-27-15-18-13-19(11-16-3-7-21(24)8-4-16)23(26)20(14-18)12-17-5-9-22(25)10-6-17/h3-10,13-14,24-26H,2,11-12,15H2,1H3. The van der Waals surface area contributed by atoms with Crippen LogP contribution in [0.4, 0.5) is 0 Å². The van der Waals surface area contributed by atoms with Crippen LogP contribution in [0.25, 0.3) is 0 Å². The van der Waals surface area contributed by atoms with Gasteiger partial charge < -0.3 is 20.1 Å². The number of hydrogen-bond acceptors (Lipinski definition) is 4. The Morgan fingerprint density at radius 2 is 1.11 bits per heavy atom. The third-order valence-corrected chi connectivity index (χ3v) is 4.46. The third kappa shape index (κ3) is 5.02. The van der Waals surface area contributed by atoms with Crippen molar-refractivity contribution in [2.45, 2.75) is 26.4 Å². The Balaban J connectivity index is 1.93. The second-order valence-electron chi connectivity index (χ2n) is 6.59. The van der Waals surface area contributed by atoms with Crippen LogP contribution >= 0.6 is 0 Å². The smallest absolute Gasteiger partial charge is 0.122 e. The topological polar surface area (TPSA) is 69.9 Å². The van der Waals surface area contributed by atoms with Crippen LogP contribution in [0.15, 0.2) is 60.7 Å². The van der Waals surface area contributed by atoms with Crippen LogP contribution < -0.4 is 0 Å². The minimum absolute atomic E-state index is 0.223. The lowest BCUT2D eigenvalue weighted by Gasteiger charge is -2.14. The van der Waals surface area contributed by atoms with Gasteiger partial charge in [0.1, 0.15) is 17.2 Å². The van der Waals surface area contributed by atoms with E-state index in [2.05, 4.69) is 0 Å². The zero-order chi connectivity index (χ0) is 19.2. The molecule has 4 heteroatoms. The molecule has 3 aromatic carbocycles. The number of phenolic OH excluding ortho intramolecular Hbond substituents is 3. The summed E-state index contributed by atoms with van der Waals surface area (Å²) in [6.45, 7) is 3.07. The molecule has 0 amide bonds. The maximum absolute atomic E-state index is 10.8. The highest BCUT2D eigenvalue weighted by Gasteiger charge is 2.12. The van der Waals surface area contributed by atoms with Gasteiger partial charge in [0.25, 0.3) is 0 Å². The number of phenols is 3. The zero-order valence-corrected chi connectivity index (χ0v) is 15.4. The van der Waals surface area contributed by atoms with Crippen LogP contribution in [0.5, 0.6) is 17.2 Å². The first kappa shape index (κ1) is 18.8. The fourth-order valence-electron chi connectivity index (χ4n) is 3.07. The van der Waals surface area contributed by atoms with E-state index in [-0.39, 0.29) is 17.2 Å². The highest BCUT2D eigenvalue weighted by molar-refractivity contribution is 5.48. The third-order valence-electron chi connectivity index (χ3n) is 4.46. The highest BCUT2D eigenvalue weighted by atomic mass is 16.5. The molecule has 0 bridgehead atoms. The Morgan fingerprint density at radius 1 is 0.667 bits per heavy atom. The molecule has 0 fully saturated rings. The molecule has 0 saturated carbocycles. The molecule has 3 N–H and O–H groups in total. The summed E-state index contributed by atoms with van der Waals surface area (Å²) in [5.41, 5.74) is 4.68. The van der Waals surface area contributed by atoms with E-state index in [0.717, 1.165) is 27.8 Å². The van der Waals surface area contributed by atoms with Gasteiger partial charge >= 0.3 is 0 Å². The van der Waals surface area contributed by atoms with Gasteiger partial charge in [0.15, 0.2) is 0 Å². The Hall–Kier alpha value is -2.98. The largest absolute Gasteiger partial charge is 0.508 e. The van der Waals surface area contributed by atoms with Crippen molar-refractivity contribution >= 4 is 0 Å². The molecular weight excluding hydrogens is 340 g/mol. The second kappa shape index (κ2) is 8.60. The Labute approximate surface area is 159 Å². The summed E-state index contributed by atoms with van der Waals surface area (Å²) in [6.07, 6.45) is 1.13. The predicted octanol–water partition coefficient (Wildman–Crippen LogP) is 4.52. The molecule has 27 heavy (non-hydrogen) atoms. The molecule has 3 rings (SSSR count). The van der Waals surface area contributed by atoms with E-state index in [1.807, 2.05) is 43.3 Å². The average molecular weight is 364 g/mol. The first-order valence-electron chi connectivity index (χ1n) is 9.02. The predicted molar refractivity (Wildman–Crippen MR) is 105 cm³/mol. The molecular formula is C23H24O4. The van der Waals surface area contributed by atoms with Crippen molar-refractivity contribution < 1.29 is 20.1 Å². The molecule has 0 aliphatic heterocycles. The lowest BCUT2D eigenvalue weighted by molar-refractivity contribution is 0.134. The fraction of sp³-hybridized carbons (Fsp3) is 0.217. The average Bonchev–Trinajstić information content (AvgIpc) is 2.67. The summed E-state index contributed by atoms with van der Waals surface area (Å²) in [6, 6.07) is 17.9. The minimum atomic E-state index is 0.223. The molecule has 140 valence electrons. The molecule has 0 unspecified atom stereocenters. The van der Waals surface area contributed by atoms with Crippen LogP contribution in [-0.2, 0) is 24.2 Å². The van der Waals surface area contributed by atoms with Crippen LogP contribution in [0.2, 0.25) is 0 Å². The maximum atomic E-state index is 10.8. The quantitative estimate of drug-likeness (QED) is 0.576. The van der Waals surface area contributed by atoms with E-state index < -0.39 is 0 Å². The van der Waals surface area contributed by atoms with Crippen LogP contribution in [0, 0.1) is 0 Å². The normalized spacial score (nSPS) is 10.9. The second-order valence-corrected chi connectivity index (χ2v) is 6.59. The van der Waals surface area contributed by atoms with E-state index in [9.17, 15) is 15.3 Å². The SMILES string of the molecule is CCOCc1cc(Cc2ccc(O)cc2)c(O)c(Cc2ccc(O)cc2)c1. The molecule has 3 aromatic rings. The number of benzene rings is 3. The molecule has 0 aliphatic rings. The molecule has 0 saturated heterocycles. The van der Waals surface area contributed by atoms with Gasteiger partial charge in [0.2, 0.25) is 0 Å². The maximum Gasteiger partial charge on any atom is 0.122 e. The molecule has 0 heterocycles. The van der Waals surface area contributed by atoms with Gasteiger partial charge in [-0.15, -0.1) is 0 Å². The van der Waals surface area contributed by atoms with Crippen molar-refractivity contribution in [3.05, 3.63) is 88.5 Å². The van der Waals surface area contributed by atoms with E-state index in [0.29, 0.717) is 26.1 Å². The summed E-state index contributed by atoms with van der Waals surface area (Å²) in [5.74, 6) is 0.721. The van der Waals surface area contributed by atoms with Crippen molar-refractivity contribution in [3.8, 4) is 17.2 Å². The number of hydrogen-bond donors (Lipinski definition) is 3. The van der Waals surface area contributed by atoms with E-state index >= 15 is 0 Å². The van der Waals surface area contributed by atoms with Crippen LogP contribution in [-0.4, -0.2) is 21.9 Å². The molecule has 0 radical (unpaired) electrons. The zero-order valence-electron chi connectivity index (χ0n) is 15.4. The Bertz CT molecular complexity index is 815. The van der Waals surface area contributed by atoms with Crippen molar-refractivity contribution in [2.24, 2.45) is 0 Å². The van der Waals surface area contributed by atoms with Gasteiger partial charge in [-0.1, -0.05) is 24.3 Å². The van der Waals surface area contributed by atoms with Crippen molar-refractivity contribution in [2.75, 3.05) is 6.61 Å². The van der Waals surface area contributed by atoms with Gasteiger partial charge in [-0.3, -0.25) is 0 Å². The van der Waals surface area contributed by atoms with Gasteiger partial charge in [0.05, 0.1) is 6.61 Å². The van der Waals surface area contributed by atoms with Gasteiger partial charge in [0, 0.05) is 19.4 Å². The Morgan fingerprint density at radius 3 is 1.52 bits per heavy atom. The lowest BCUT2D eigenvalue weighted by atomic mass is 9.95. The fourth-order valence-corrected chi connectivity index (χ4v) is 3.07. The number of ether oxygens (including phenoxy) is 1. The van der Waals surface area contributed by atoms with Gasteiger partial charge in [-0.25, -0.2) is 0 Å². The van der Waals surface area contributed by atoms with E-state index in [1.165, 1.54) is 0 Å². The first-order valence-corrected chi connectivity index (χ1v) is 9.02. The van der Waals surface area contributed by atoms with Crippen LogP contribution in [0.1, 0.15) is 34.7 Å². The van der Waals surface area contributed by atoms with Crippen molar-refractivity contribution in [1.82, 2.24) is 0 Å². The highest BCUT2D eigenvalue weighted by Crippen LogP contribution is 2.30. The summed E-state index contributed by atoms with van der Waals surface area (Å²) < 4.78 is 5.55. The molecule has 0 aliphatic carbocycles. The summed E-state index contributed by atoms with van der Waals surface area (Å²) in [4.78, 5) is 0. The van der Waals surface area contributed by atoms with Crippen molar-refractivity contribution in [3.63, 3.8) is 0 Å². The first-order chi connectivity index (χ1) is 13.0. The van der Waals surface area contributed by atoms with Gasteiger partial charge in [-0.2, -0.15) is 0 Å². The minimum Gasteiger partial charge on any atom is -0.508 e.